The smallest absolute Gasteiger partial charge is 0.210 e. The van der Waals surface area contributed by atoms with Crippen LogP contribution in [0.2, 0.25) is 0 Å². The molecule has 4 nitrogen and oxygen atoms in total. The van der Waals surface area contributed by atoms with E-state index >= 15 is 0 Å². The lowest BCUT2D eigenvalue weighted by Crippen LogP contribution is -2.21. The van der Waals surface area contributed by atoms with Crippen molar-refractivity contribution in [1.29, 1.82) is 0 Å². The van der Waals surface area contributed by atoms with Crippen LogP contribution in [0.1, 0.15) is 23.5 Å². The number of hydrogen-bond acceptors (Lipinski definition) is 3. The summed E-state index contributed by atoms with van der Waals surface area (Å²) in [6.07, 6.45) is 4.75. The van der Waals surface area contributed by atoms with Gasteiger partial charge in [-0.2, -0.15) is 0 Å². The molecule has 1 aromatic heterocycles. The van der Waals surface area contributed by atoms with Gasteiger partial charge < -0.3 is 4.90 Å². The third-order valence-electron chi connectivity index (χ3n) is 2.47. The summed E-state index contributed by atoms with van der Waals surface area (Å²) in [7, 11) is 0. The molecule has 1 amide bonds. The highest BCUT2D eigenvalue weighted by molar-refractivity contribution is 5.47. The van der Waals surface area contributed by atoms with Gasteiger partial charge in [-0.15, -0.1) is 0 Å². The molecule has 0 N–H and O–H groups in total. The first-order valence-corrected chi connectivity index (χ1v) is 4.80. The van der Waals surface area contributed by atoms with Crippen molar-refractivity contribution in [3.63, 3.8) is 0 Å². The molecule has 0 spiro atoms. The van der Waals surface area contributed by atoms with E-state index in [2.05, 4.69) is 9.97 Å². The zero-order chi connectivity index (χ0) is 9.97. The maximum atomic E-state index is 10.7. The second-order valence-corrected chi connectivity index (χ2v) is 3.57. The van der Waals surface area contributed by atoms with Gasteiger partial charge in [0.1, 0.15) is 5.82 Å². The molecule has 0 fully saturated rings. The predicted molar refractivity (Wildman–Crippen MR) is 51.6 cm³/mol. The highest BCUT2D eigenvalue weighted by Crippen LogP contribution is 2.14. The standard InChI is InChI=1S/C10H13N3O/c1-8-11-5-9-3-2-4-13(7-14)6-10(9)12-8/h5,7H,2-4,6H2,1H3. The van der Waals surface area contributed by atoms with Crippen LogP contribution in [0.15, 0.2) is 6.20 Å². The summed E-state index contributed by atoms with van der Waals surface area (Å²) in [6.45, 7) is 3.32. The molecule has 0 aromatic carbocycles. The number of nitrogens with zero attached hydrogens (tertiary/aromatic N) is 3. The van der Waals surface area contributed by atoms with E-state index in [9.17, 15) is 4.79 Å². The molecule has 1 aromatic rings. The van der Waals surface area contributed by atoms with Crippen molar-refractivity contribution >= 4 is 6.41 Å². The van der Waals surface area contributed by atoms with E-state index in [0.29, 0.717) is 6.54 Å². The molecule has 0 saturated carbocycles. The quantitative estimate of drug-likeness (QED) is 0.613. The molecule has 2 rings (SSSR count). The first-order chi connectivity index (χ1) is 6.79. The number of aryl methyl sites for hydroxylation is 2. The Balaban J connectivity index is 2.33. The maximum absolute atomic E-state index is 10.7. The largest absolute Gasteiger partial charge is 0.339 e. The first-order valence-electron chi connectivity index (χ1n) is 4.80. The highest BCUT2D eigenvalue weighted by atomic mass is 16.1. The molecule has 1 aliphatic heterocycles. The lowest BCUT2D eigenvalue weighted by Gasteiger charge is -2.13. The fraction of sp³-hybridized carbons (Fsp3) is 0.500. The molecule has 0 bridgehead atoms. The molecule has 0 unspecified atom stereocenters. The van der Waals surface area contributed by atoms with Gasteiger partial charge in [0, 0.05) is 12.7 Å². The lowest BCUT2D eigenvalue weighted by atomic mass is 10.1. The van der Waals surface area contributed by atoms with Gasteiger partial charge in [-0.05, 0) is 25.3 Å². The van der Waals surface area contributed by atoms with Crippen LogP contribution < -0.4 is 0 Å². The zero-order valence-electron chi connectivity index (χ0n) is 8.23. The van der Waals surface area contributed by atoms with Crippen molar-refractivity contribution < 1.29 is 4.79 Å². The van der Waals surface area contributed by atoms with Crippen LogP contribution >= 0.6 is 0 Å². The number of carbonyl (C=O) groups excluding carboxylic acids is 1. The van der Waals surface area contributed by atoms with Gasteiger partial charge in [-0.25, -0.2) is 9.97 Å². The Kier molecular flexibility index (Phi) is 2.43. The van der Waals surface area contributed by atoms with E-state index in [1.54, 1.807) is 4.90 Å². The number of fused-ring (bicyclic) bond motifs is 1. The van der Waals surface area contributed by atoms with E-state index in [1.165, 1.54) is 5.56 Å². The Hall–Kier alpha value is -1.45. The van der Waals surface area contributed by atoms with Crippen molar-refractivity contribution in [2.45, 2.75) is 26.3 Å². The first kappa shape index (κ1) is 9.12. The molecule has 4 heteroatoms. The fourth-order valence-electron chi connectivity index (χ4n) is 1.72. The van der Waals surface area contributed by atoms with Crippen molar-refractivity contribution in [3.8, 4) is 0 Å². The van der Waals surface area contributed by atoms with Crippen LogP contribution in [0.3, 0.4) is 0 Å². The summed E-state index contributed by atoms with van der Waals surface area (Å²) >= 11 is 0. The number of carbonyl (C=O) groups is 1. The molecule has 14 heavy (non-hydrogen) atoms. The van der Waals surface area contributed by atoms with Crippen LogP contribution in [0.25, 0.3) is 0 Å². The minimum absolute atomic E-state index is 0.627. The normalized spacial score (nSPS) is 15.9. The molecule has 0 atom stereocenters. The van der Waals surface area contributed by atoms with Gasteiger partial charge in [0.05, 0.1) is 12.2 Å². The highest BCUT2D eigenvalue weighted by Gasteiger charge is 2.14. The van der Waals surface area contributed by atoms with Crippen molar-refractivity contribution in [2.24, 2.45) is 0 Å². The minimum atomic E-state index is 0.627. The van der Waals surface area contributed by atoms with Crippen LogP contribution in [0.4, 0.5) is 0 Å². The van der Waals surface area contributed by atoms with Crippen molar-refractivity contribution in [2.75, 3.05) is 6.54 Å². The molecular weight excluding hydrogens is 178 g/mol. The molecule has 0 aliphatic carbocycles. The molecule has 1 aliphatic rings. The Morgan fingerprint density at radius 2 is 2.43 bits per heavy atom. The van der Waals surface area contributed by atoms with Gasteiger partial charge in [0.15, 0.2) is 0 Å². The number of hydrogen-bond donors (Lipinski definition) is 0. The summed E-state index contributed by atoms with van der Waals surface area (Å²) in [5.41, 5.74) is 2.18. The van der Waals surface area contributed by atoms with Crippen molar-refractivity contribution in [1.82, 2.24) is 14.9 Å². The fourth-order valence-corrected chi connectivity index (χ4v) is 1.72. The van der Waals surface area contributed by atoms with Gasteiger partial charge >= 0.3 is 0 Å². The number of aromatic nitrogens is 2. The minimum Gasteiger partial charge on any atom is -0.339 e. The summed E-state index contributed by atoms with van der Waals surface area (Å²) in [4.78, 5) is 21.0. The third-order valence-corrected chi connectivity index (χ3v) is 2.47. The SMILES string of the molecule is Cc1ncc2c(n1)CN(C=O)CCC2. The summed E-state index contributed by atoms with van der Waals surface area (Å²) in [5, 5.41) is 0. The van der Waals surface area contributed by atoms with E-state index in [-0.39, 0.29) is 0 Å². The third kappa shape index (κ3) is 1.73. The topological polar surface area (TPSA) is 46.1 Å². The average Bonchev–Trinajstić information content (AvgIpc) is 2.38. The molecular formula is C10H13N3O. The van der Waals surface area contributed by atoms with E-state index in [4.69, 9.17) is 0 Å². The number of rotatable bonds is 1. The summed E-state index contributed by atoms with van der Waals surface area (Å²) < 4.78 is 0. The Morgan fingerprint density at radius 1 is 1.57 bits per heavy atom. The zero-order valence-corrected chi connectivity index (χ0v) is 8.23. The maximum Gasteiger partial charge on any atom is 0.210 e. The average molecular weight is 191 g/mol. The monoisotopic (exact) mass is 191 g/mol. The van der Waals surface area contributed by atoms with E-state index in [0.717, 1.165) is 37.3 Å². The molecule has 74 valence electrons. The number of amides is 1. The Labute approximate surface area is 83.0 Å². The van der Waals surface area contributed by atoms with Gasteiger partial charge in [0.2, 0.25) is 6.41 Å². The summed E-state index contributed by atoms with van der Waals surface area (Å²) in [5.74, 6) is 0.775. The molecule has 0 saturated heterocycles. The lowest BCUT2D eigenvalue weighted by molar-refractivity contribution is -0.118. The molecule has 2 heterocycles. The Morgan fingerprint density at radius 3 is 3.21 bits per heavy atom. The van der Waals surface area contributed by atoms with Crippen molar-refractivity contribution in [3.05, 3.63) is 23.3 Å². The second-order valence-electron chi connectivity index (χ2n) is 3.57. The summed E-state index contributed by atoms with van der Waals surface area (Å²) in [6, 6.07) is 0. The van der Waals surface area contributed by atoms with Crippen LogP contribution in [0, 0.1) is 6.92 Å². The van der Waals surface area contributed by atoms with E-state index < -0.39 is 0 Å². The van der Waals surface area contributed by atoms with E-state index in [1.807, 2.05) is 13.1 Å². The van der Waals surface area contributed by atoms with Crippen LogP contribution in [-0.2, 0) is 17.8 Å². The molecule has 0 radical (unpaired) electrons. The van der Waals surface area contributed by atoms with Gasteiger partial charge in [-0.1, -0.05) is 0 Å². The van der Waals surface area contributed by atoms with Crippen LogP contribution in [0.5, 0.6) is 0 Å². The van der Waals surface area contributed by atoms with Crippen LogP contribution in [-0.4, -0.2) is 27.8 Å². The predicted octanol–water partition coefficient (Wildman–Crippen LogP) is 0.690. The second kappa shape index (κ2) is 3.74. The van der Waals surface area contributed by atoms with Gasteiger partial charge in [-0.3, -0.25) is 4.79 Å². The Bertz CT molecular complexity index is 351. The van der Waals surface area contributed by atoms with Gasteiger partial charge in [0.25, 0.3) is 0 Å².